The molecule has 1 saturated heterocycles. The molecule has 0 radical (unpaired) electrons. The van der Waals surface area contributed by atoms with Crippen LogP contribution in [0.5, 0.6) is 6.01 Å². The van der Waals surface area contributed by atoms with Crippen molar-refractivity contribution < 1.29 is 9.13 Å². The van der Waals surface area contributed by atoms with Crippen molar-refractivity contribution in [1.82, 2.24) is 14.9 Å². The summed E-state index contributed by atoms with van der Waals surface area (Å²) in [5.74, 6) is 0.347. The van der Waals surface area contributed by atoms with Gasteiger partial charge in [-0.15, -0.1) is 0 Å². The van der Waals surface area contributed by atoms with E-state index in [4.69, 9.17) is 4.74 Å². The summed E-state index contributed by atoms with van der Waals surface area (Å²) in [4.78, 5) is 14.4. The number of aromatic nitrogens is 2. The zero-order chi connectivity index (χ0) is 16.9. The van der Waals surface area contributed by atoms with Crippen molar-refractivity contribution in [1.29, 1.82) is 0 Å². The molecule has 5 nitrogen and oxygen atoms in total. The standard InChI is InChI=1S/C18H21FN4O/c1-13-6-8-14(9-7-13)12-24-18-20-11-15(19)17(22-18)21-16-5-3-4-10-23(16)2/h6-9,11H,3-5,10,12H2,1-2H3. The molecule has 1 aliphatic heterocycles. The number of piperidine rings is 1. The van der Waals surface area contributed by atoms with Crippen molar-refractivity contribution in [2.24, 2.45) is 4.99 Å². The zero-order valence-corrected chi connectivity index (χ0v) is 14.0. The van der Waals surface area contributed by atoms with E-state index in [2.05, 4.69) is 15.0 Å². The Balaban J connectivity index is 1.73. The molecule has 0 unspecified atom stereocenters. The summed E-state index contributed by atoms with van der Waals surface area (Å²) >= 11 is 0. The quantitative estimate of drug-likeness (QED) is 0.859. The summed E-state index contributed by atoms with van der Waals surface area (Å²) in [6.45, 7) is 3.30. The van der Waals surface area contributed by atoms with Gasteiger partial charge in [0, 0.05) is 20.0 Å². The average Bonchev–Trinajstić information content (AvgIpc) is 2.59. The third-order valence-electron chi connectivity index (χ3n) is 4.01. The second-order valence-electron chi connectivity index (χ2n) is 6.01. The number of benzene rings is 1. The molecule has 1 aromatic heterocycles. The highest BCUT2D eigenvalue weighted by atomic mass is 19.1. The van der Waals surface area contributed by atoms with E-state index in [9.17, 15) is 4.39 Å². The second-order valence-corrected chi connectivity index (χ2v) is 6.01. The fraction of sp³-hybridized carbons (Fsp3) is 0.389. The fourth-order valence-corrected chi connectivity index (χ4v) is 2.54. The van der Waals surface area contributed by atoms with Gasteiger partial charge >= 0.3 is 6.01 Å². The number of ether oxygens (including phenoxy) is 1. The molecule has 2 aromatic rings. The van der Waals surface area contributed by atoms with Crippen molar-refractivity contribution in [3.8, 4) is 6.01 Å². The minimum Gasteiger partial charge on any atom is -0.459 e. The first-order valence-corrected chi connectivity index (χ1v) is 8.11. The number of hydrogen-bond acceptors (Lipinski definition) is 4. The van der Waals surface area contributed by atoms with E-state index in [-0.39, 0.29) is 11.8 Å². The van der Waals surface area contributed by atoms with Crippen LogP contribution < -0.4 is 4.74 Å². The molecule has 0 aliphatic carbocycles. The molecule has 2 heterocycles. The Morgan fingerprint density at radius 1 is 1.25 bits per heavy atom. The van der Waals surface area contributed by atoms with Crippen molar-refractivity contribution in [3.05, 3.63) is 47.4 Å². The number of hydrogen-bond donors (Lipinski definition) is 0. The molecule has 3 rings (SSSR count). The Morgan fingerprint density at radius 2 is 2.04 bits per heavy atom. The zero-order valence-electron chi connectivity index (χ0n) is 14.0. The van der Waals surface area contributed by atoms with E-state index in [0.29, 0.717) is 6.61 Å². The predicted octanol–water partition coefficient (Wildman–Crippen LogP) is 3.65. The average molecular weight is 328 g/mol. The summed E-state index contributed by atoms with van der Waals surface area (Å²) in [5, 5.41) is 0. The van der Waals surface area contributed by atoms with Gasteiger partial charge in [0.2, 0.25) is 0 Å². The molecule has 1 aromatic carbocycles. The largest absolute Gasteiger partial charge is 0.459 e. The maximum absolute atomic E-state index is 14.0. The molecule has 0 bridgehead atoms. The SMILES string of the molecule is Cc1ccc(COc2ncc(F)c(N=C3CCCCN3C)n2)cc1. The Kier molecular flexibility index (Phi) is 5.03. The lowest BCUT2D eigenvalue weighted by Crippen LogP contribution is -2.31. The first-order valence-electron chi connectivity index (χ1n) is 8.11. The maximum Gasteiger partial charge on any atom is 0.318 e. The number of amidine groups is 1. The molecule has 1 fully saturated rings. The number of aryl methyl sites for hydroxylation is 1. The van der Waals surface area contributed by atoms with Gasteiger partial charge in [0.15, 0.2) is 11.6 Å². The summed E-state index contributed by atoms with van der Waals surface area (Å²) in [6, 6.07) is 8.13. The van der Waals surface area contributed by atoms with Gasteiger partial charge in [-0.25, -0.2) is 14.4 Å². The van der Waals surface area contributed by atoms with Crippen LogP contribution in [0.4, 0.5) is 10.2 Å². The van der Waals surface area contributed by atoms with Crippen LogP contribution in [0.25, 0.3) is 0 Å². The van der Waals surface area contributed by atoms with Crippen LogP contribution >= 0.6 is 0 Å². The first-order chi connectivity index (χ1) is 11.6. The summed E-state index contributed by atoms with van der Waals surface area (Å²) in [5.41, 5.74) is 2.19. The van der Waals surface area contributed by atoms with E-state index >= 15 is 0 Å². The third kappa shape index (κ3) is 4.07. The summed E-state index contributed by atoms with van der Waals surface area (Å²) in [7, 11) is 1.96. The van der Waals surface area contributed by atoms with E-state index in [1.54, 1.807) is 0 Å². The van der Waals surface area contributed by atoms with Gasteiger partial charge in [-0.3, -0.25) is 0 Å². The second kappa shape index (κ2) is 7.38. The molecular formula is C18H21FN4O. The Morgan fingerprint density at radius 3 is 2.79 bits per heavy atom. The summed E-state index contributed by atoms with van der Waals surface area (Å²) in [6.07, 6.45) is 4.14. The molecule has 0 spiro atoms. The molecule has 0 N–H and O–H groups in total. The minimum atomic E-state index is -0.538. The van der Waals surface area contributed by atoms with Crippen molar-refractivity contribution in [3.63, 3.8) is 0 Å². The van der Waals surface area contributed by atoms with E-state index in [1.165, 1.54) is 5.56 Å². The topological polar surface area (TPSA) is 50.6 Å². The molecular weight excluding hydrogens is 307 g/mol. The van der Waals surface area contributed by atoms with Crippen LogP contribution in [0.3, 0.4) is 0 Å². The van der Waals surface area contributed by atoms with Crippen LogP contribution in [0, 0.1) is 12.7 Å². The van der Waals surface area contributed by atoms with Gasteiger partial charge in [0.05, 0.1) is 6.20 Å². The molecule has 0 saturated carbocycles. The van der Waals surface area contributed by atoms with E-state index in [0.717, 1.165) is 43.4 Å². The van der Waals surface area contributed by atoms with Gasteiger partial charge < -0.3 is 9.64 Å². The monoisotopic (exact) mass is 328 g/mol. The molecule has 0 atom stereocenters. The predicted molar refractivity (Wildman–Crippen MR) is 91.1 cm³/mol. The Hall–Kier alpha value is -2.50. The lowest BCUT2D eigenvalue weighted by Gasteiger charge is -2.25. The number of aliphatic imine (C=N–C) groups is 1. The van der Waals surface area contributed by atoms with Crippen LogP contribution in [0.1, 0.15) is 30.4 Å². The van der Waals surface area contributed by atoms with Crippen molar-refractivity contribution >= 4 is 11.7 Å². The number of rotatable bonds is 4. The van der Waals surface area contributed by atoms with Crippen LogP contribution in [0.15, 0.2) is 35.5 Å². The normalized spacial score (nSPS) is 16.5. The number of halogens is 1. The lowest BCUT2D eigenvalue weighted by atomic mass is 10.1. The van der Waals surface area contributed by atoms with Crippen LogP contribution in [-0.2, 0) is 6.61 Å². The fourth-order valence-electron chi connectivity index (χ4n) is 2.54. The van der Waals surface area contributed by atoms with Crippen LogP contribution in [-0.4, -0.2) is 34.3 Å². The van der Waals surface area contributed by atoms with Gasteiger partial charge in [-0.2, -0.15) is 4.98 Å². The minimum absolute atomic E-state index is 0.0349. The van der Waals surface area contributed by atoms with Crippen molar-refractivity contribution in [2.45, 2.75) is 32.8 Å². The van der Waals surface area contributed by atoms with Gasteiger partial charge in [0.25, 0.3) is 0 Å². The van der Waals surface area contributed by atoms with E-state index < -0.39 is 5.82 Å². The molecule has 24 heavy (non-hydrogen) atoms. The van der Waals surface area contributed by atoms with Gasteiger partial charge in [0.1, 0.15) is 12.4 Å². The van der Waals surface area contributed by atoms with Gasteiger partial charge in [-0.1, -0.05) is 29.8 Å². The highest BCUT2D eigenvalue weighted by Gasteiger charge is 2.15. The molecule has 6 heteroatoms. The highest BCUT2D eigenvalue weighted by Crippen LogP contribution is 2.20. The molecule has 0 amide bonds. The van der Waals surface area contributed by atoms with Crippen molar-refractivity contribution in [2.75, 3.05) is 13.6 Å². The highest BCUT2D eigenvalue weighted by molar-refractivity contribution is 5.84. The first kappa shape index (κ1) is 16.4. The van der Waals surface area contributed by atoms with Gasteiger partial charge in [-0.05, 0) is 25.3 Å². The lowest BCUT2D eigenvalue weighted by molar-refractivity contribution is 0.279. The summed E-state index contributed by atoms with van der Waals surface area (Å²) < 4.78 is 19.5. The molecule has 1 aliphatic rings. The third-order valence-corrected chi connectivity index (χ3v) is 4.01. The Bertz CT molecular complexity index is 730. The molecule has 126 valence electrons. The smallest absolute Gasteiger partial charge is 0.318 e. The number of likely N-dealkylation sites (tertiary alicyclic amines) is 1. The Labute approximate surface area is 141 Å². The maximum atomic E-state index is 14.0. The van der Waals surface area contributed by atoms with Crippen LogP contribution in [0.2, 0.25) is 0 Å². The van der Waals surface area contributed by atoms with E-state index in [1.807, 2.05) is 43.1 Å². The number of nitrogens with zero attached hydrogens (tertiary/aromatic N) is 4.